The van der Waals surface area contributed by atoms with Crippen LogP contribution in [0.2, 0.25) is 0 Å². The maximum Gasteiger partial charge on any atom is 0.262 e. The van der Waals surface area contributed by atoms with Gasteiger partial charge >= 0.3 is 0 Å². The van der Waals surface area contributed by atoms with E-state index >= 15 is 0 Å². The molecule has 168 valence electrons. The van der Waals surface area contributed by atoms with Crippen molar-refractivity contribution >= 4 is 50.6 Å². The zero-order chi connectivity index (χ0) is 22.1. The number of benzene rings is 1. The molecule has 0 saturated carbocycles. The summed E-state index contributed by atoms with van der Waals surface area (Å²) >= 11 is 2.94. The van der Waals surface area contributed by atoms with Crippen LogP contribution in [0, 0.1) is 0 Å². The number of amides is 1. The van der Waals surface area contributed by atoms with Gasteiger partial charge in [-0.15, -0.1) is 11.3 Å². The van der Waals surface area contributed by atoms with Crippen LogP contribution in [0.25, 0.3) is 10.2 Å². The number of thioether (sulfide) groups is 1. The molecule has 3 aromatic rings. The molecule has 0 spiro atoms. The van der Waals surface area contributed by atoms with Crippen LogP contribution in [0.1, 0.15) is 23.3 Å². The first-order valence-corrected chi connectivity index (χ1v) is 12.8. The zero-order valence-corrected chi connectivity index (χ0v) is 19.7. The van der Waals surface area contributed by atoms with Crippen molar-refractivity contribution < 1.29 is 9.53 Å². The number of carbonyl (C=O) groups is 1. The highest BCUT2D eigenvalue weighted by atomic mass is 32.2. The lowest BCUT2D eigenvalue weighted by molar-refractivity contribution is -0.113. The lowest BCUT2D eigenvalue weighted by atomic mass is 9.97. The van der Waals surface area contributed by atoms with Gasteiger partial charge in [-0.2, -0.15) is 0 Å². The van der Waals surface area contributed by atoms with Crippen molar-refractivity contribution in [1.82, 2.24) is 9.55 Å². The SMILES string of the molecule is Cn1c(SCC(=O)Nc2ccc(N3CCOCC3)cc2)nc2sc3c(c2c1=O)CCCC3. The van der Waals surface area contributed by atoms with Gasteiger partial charge < -0.3 is 15.0 Å². The molecule has 1 aliphatic carbocycles. The van der Waals surface area contributed by atoms with Gasteiger partial charge in [0.05, 0.1) is 24.4 Å². The number of ether oxygens (including phenoxy) is 1. The van der Waals surface area contributed by atoms with E-state index in [-0.39, 0.29) is 17.2 Å². The Hall–Kier alpha value is -2.36. The highest BCUT2D eigenvalue weighted by Gasteiger charge is 2.21. The van der Waals surface area contributed by atoms with E-state index in [1.165, 1.54) is 28.6 Å². The van der Waals surface area contributed by atoms with E-state index in [0.717, 1.165) is 67.2 Å². The largest absolute Gasteiger partial charge is 0.378 e. The maximum absolute atomic E-state index is 13.0. The molecule has 0 radical (unpaired) electrons. The summed E-state index contributed by atoms with van der Waals surface area (Å²) < 4.78 is 6.98. The number of fused-ring (bicyclic) bond motifs is 3. The molecule has 1 N–H and O–H groups in total. The third-order valence-corrected chi connectivity index (χ3v) is 8.23. The molecule has 1 fully saturated rings. The highest BCUT2D eigenvalue weighted by Crippen LogP contribution is 2.34. The molecule has 9 heteroatoms. The normalized spacial score (nSPS) is 16.2. The Kier molecular flexibility index (Phi) is 6.21. The maximum atomic E-state index is 13.0. The average molecular weight is 471 g/mol. The highest BCUT2D eigenvalue weighted by molar-refractivity contribution is 7.99. The van der Waals surface area contributed by atoms with Crippen LogP contribution < -0.4 is 15.8 Å². The fourth-order valence-electron chi connectivity index (χ4n) is 4.30. The van der Waals surface area contributed by atoms with Crippen LogP contribution >= 0.6 is 23.1 Å². The number of anilines is 2. The lowest BCUT2D eigenvalue weighted by Crippen LogP contribution is -2.36. The molecular weight excluding hydrogens is 444 g/mol. The van der Waals surface area contributed by atoms with Crippen molar-refractivity contribution in [2.45, 2.75) is 30.8 Å². The van der Waals surface area contributed by atoms with Gasteiger partial charge in [-0.05, 0) is 55.5 Å². The van der Waals surface area contributed by atoms with Crippen molar-refractivity contribution in [2.24, 2.45) is 7.05 Å². The van der Waals surface area contributed by atoms with Crippen molar-refractivity contribution in [3.05, 3.63) is 45.1 Å². The quantitative estimate of drug-likeness (QED) is 0.455. The smallest absolute Gasteiger partial charge is 0.262 e. The second-order valence-corrected chi connectivity index (χ2v) is 10.2. The number of hydrogen-bond donors (Lipinski definition) is 1. The molecule has 0 bridgehead atoms. The molecule has 1 aliphatic heterocycles. The number of carbonyl (C=O) groups excluding carboxylic acids is 1. The molecule has 0 unspecified atom stereocenters. The fraction of sp³-hybridized carbons (Fsp3) is 0.435. The lowest BCUT2D eigenvalue weighted by Gasteiger charge is -2.28. The van der Waals surface area contributed by atoms with E-state index in [9.17, 15) is 9.59 Å². The first-order valence-electron chi connectivity index (χ1n) is 11.0. The van der Waals surface area contributed by atoms with E-state index in [4.69, 9.17) is 9.72 Å². The monoisotopic (exact) mass is 470 g/mol. The number of nitrogens with zero attached hydrogens (tertiary/aromatic N) is 3. The topological polar surface area (TPSA) is 76.5 Å². The van der Waals surface area contributed by atoms with Gasteiger partial charge in [0.1, 0.15) is 4.83 Å². The predicted octanol–water partition coefficient (Wildman–Crippen LogP) is 3.44. The molecule has 32 heavy (non-hydrogen) atoms. The van der Waals surface area contributed by atoms with Crippen LogP contribution in [-0.4, -0.2) is 47.5 Å². The summed E-state index contributed by atoms with van der Waals surface area (Å²) in [6.07, 6.45) is 4.31. The number of morpholine rings is 1. The summed E-state index contributed by atoms with van der Waals surface area (Å²) in [7, 11) is 1.74. The van der Waals surface area contributed by atoms with E-state index < -0.39 is 0 Å². The minimum atomic E-state index is -0.117. The zero-order valence-electron chi connectivity index (χ0n) is 18.1. The Labute approximate surface area is 194 Å². The van der Waals surface area contributed by atoms with Crippen LogP contribution in [-0.2, 0) is 29.4 Å². The van der Waals surface area contributed by atoms with Crippen LogP contribution in [0.3, 0.4) is 0 Å². The van der Waals surface area contributed by atoms with Crippen molar-refractivity contribution in [2.75, 3.05) is 42.3 Å². The molecule has 1 aromatic carbocycles. The molecule has 5 rings (SSSR count). The standard InChI is InChI=1S/C23H26N4O3S2/c1-26-22(29)20-17-4-2-3-5-18(17)32-21(20)25-23(26)31-14-19(28)24-15-6-8-16(9-7-15)27-10-12-30-13-11-27/h6-9H,2-5,10-14H2,1H3,(H,24,28). The van der Waals surface area contributed by atoms with Gasteiger partial charge in [-0.25, -0.2) is 4.98 Å². The molecule has 3 heterocycles. The number of rotatable bonds is 5. The Balaban J connectivity index is 1.25. The predicted molar refractivity (Wildman–Crippen MR) is 130 cm³/mol. The summed E-state index contributed by atoms with van der Waals surface area (Å²) in [4.78, 5) is 34.6. The van der Waals surface area contributed by atoms with Crippen LogP contribution in [0.4, 0.5) is 11.4 Å². The Morgan fingerprint density at radius 1 is 1.19 bits per heavy atom. The first-order chi connectivity index (χ1) is 15.6. The number of aromatic nitrogens is 2. The average Bonchev–Trinajstić information content (AvgIpc) is 3.20. The summed E-state index contributed by atoms with van der Waals surface area (Å²) in [5.41, 5.74) is 3.08. The third-order valence-electron chi connectivity index (χ3n) is 6.01. The van der Waals surface area contributed by atoms with E-state index in [0.29, 0.717) is 5.16 Å². The number of thiophene rings is 1. The van der Waals surface area contributed by atoms with Gasteiger partial charge in [0.25, 0.3) is 5.56 Å². The molecule has 2 aliphatic rings. The fourth-order valence-corrected chi connectivity index (χ4v) is 6.37. The Morgan fingerprint density at radius 3 is 2.72 bits per heavy atom. The molecule has 2 aromatic heterocycles. The second kappa shape index (κ2) is 9.25. The van der Waals surface area contributed by atoms with Gasteiger partial charge in [0.15, 0.2) is 5.16 Å². The second-order valence-electron chi connectivity index (χ2n) is 8.13. The van der Waals surface area contributed by atoms with Crippen molar-refractivity contribution in [3.8, 4) is 0 Å². The van der Waals surface area contributed by atoms with E-state index in [1.807, 2.05) is 24.3 Å². The number of aryl methyl sites for hydroxylation is 2. The minimum Gasteiger partial charge on any atom is -0.378 e. The van der Waals surface area contributed by atoms with Gasteiger partial charge in [-0.3, -0.25) is 14.2 Å². The van der Waals surface area contributed by atoms with Gasteiger partial charge in [0.2, 0.25) is 5.91 Å². The molecule has 7 nitrogen and oxygen atoms in total. The minimum absolute atomic E-state index is 0.00369. The first kappa shape index (κ1) is 21.5. The van der Waals surface area contributed by atoms with Crippen LogP contribution in [0.5, 0.6) is 0 Å². The van der Waals surface area contributed by atoms with Gasteiger partial charge in [0, 0.05) is 36.4 Å². The van der Waals surface area contributed by atoms with E-state index in [2.05, 4.69) is 10.2 Å². The third kappa shape index (κ3) is 4.29. The van der Waals surface area contributed by atoms with E-state index in [1.54, 1.807) is 23.0 Å². The Bertz CT molecular complexity index is 1200. The number of hydrogen-bond acceptors (Lipinski definition) is 7. The van der Waals surface area contributed by atoms with Gasteiger partial charge in [-0.1, -0.05) is 11.8 Å². The van der Waals surface area contributed by atoms with Crippen molar-refractivity contribution in [3.63, 3.8) is 0 Å². The molecule has 1 amide bonds. The summed E-state index contributed by atoms with van der Waals surface area (Å²) in [5.74, 6) is 0.0798. The van der Waals surface area contributed by atoms with Crippen LogP contribution in [0.15, 0.2) is 34.2 Å². The molecule has 0 atom stereocenters. The summed E-state index contributed by atoms with van der Waals surface area (Å²) in [6.45, 7) is 3.25. The summed E-state index contributed by atoms with van der Waals surface area (Å²) in [5, 5.41) is 4.30. The molecular formula is C23H26N4O3S2. The van der Waals surface area contributed by atoms with Crippen molar-refractivity contribution in [1.29, 1.82) is 0 Å². The molecule has 1 saturated heterocycles. The Morgan fingerprint density at radius 2 is 1.94 bits per heavy atom. The summed E-state index contributed by atoms with van der Waals surface area (Å²) in [6, 6.07) is 7.88. The number of nitrogens with one attached hydrogen (secondary N) is 1.